The smallest absolute Gasteiger partial charge is 0.280 e. The minimum Gasteiger partial charge on any atom is -0.505 e. The van der Waals surface area contributed by atoms with Gasteiger partial charge in [-0.3, -0.25) is 14.0 Å². The molecule has 0 spiro atoms. The molecule has 0 fully saturated rings. The first kappa shape index (κ1) is 23.3. The lowest BCUT2D eigenvalue weighted by Gasteiger charge is -2.24. The van der Waals surface area contributed by atoms with Gasteiger partial charge in [0.25, 0.3) is 5.56 Å². The quantitative estimate of drug-likeness (QED) is 0.405. The van der Waals surface area contributed by atoms with Gasteiger partial charge in [0.15, 0.2) is 14.0 Å². The fourth-order valence-corrected chi connectivity index (χ4v) is 5.19. The van der Waals surface area contributed by atoms with E-state index in [4.69, 9.17) is 0 Å². The minimum absolute atomic E-state index is 0.00631. The van der Waals surface area contributed by atoms with Crippen LogP contribution in [0.15, 0.2) is 46.1 Å². The number of sulfonamides is 1. The summed E-state index contributed by atoms with van der Waals surface area (Å²) in [5.41, 5.74) is 0.745. The van der Waals surface area contributed by atoms with E-state index in [1.807, 2.05) is 0 Å². The highest BCUT2D eigenvalue weighted by molar-refractivity contribution is 7.92. The molecule has 0 radical (unpaired) electrons. The zero-order valence-corrected chi connectivity index (χ0v) is 20.4. The standard InChI is InChI=1S/C21H26N5O5PS/c1-21(2,3)9-11-26-20(28)17(18(27)15-6-5-10-25(15)26)19-22-14-8-7-13(24-33(4,30)31)12-16(14)32(29)23-19/h5-8,10,12,24,27,29H,9,11H2,1-4H3,(H,22,23). The van der Waals surface area contributed by atoms with Crippen LogP contribution in [0.25, 0.3) is 5.52 Å². The van der Waals surface area contributed by atoms with E-state index in [1.54, 1.807) is 33.6 Å². The van der Waals surface area contributed by atoms with Crippen LogP contribution in [0.1, 0.15) is 32.8 Å². The van der Waals surface area contributed by atoms with E-state index in [0.717, 1.165) is 12.7 Å². The number of nitrogens with one attached hydrogen (secondary N) is 2. The number of aromatic hydroxyl groups is 1. The lowest BCUT2D eigenvalue weighted by atomic mass is 9.92. The van der Waals surface area contributed by atoms with Gasteiger partial charge in [-0.05, 0) is 42.2 Å². The molecule has 1 aliphatic rings. The number of hydrogen-bond donors (Lipinski definition) is 4. The Labute approximate surface area is 192 Å². The summed E-state index contributed by atoms with van der Waals surface area (Å²) in [5, 5.41) is 14.3. The highest BCUT2D eigenvalue weighted by Crippen LogP contribution is 2.40. The Bertz CT molecular complexity index is 1440. The van der Waals surface area contributed by atoms with Crippen LogP contribution in [0.3, 0.4) is 0 Å². The van der Waals surface area contributed by atoms with Gasteiger partial charge in [-0.15, -0.1) is 0 Å². The molecular weight excluding hydrogens is 465 g/mol. The maximum absolute atomic E-state index is 13.5. The van der Waals surface area contributed by atoms with E-state index in [1.165, 1.54) is 12.1 Å². The van der Waals surface area contributed by atoms with E-state index in [-0.39, 0.29) is 22.6 Å². The SMILES string of the molecule is CC(C)(C)CCn1c(=O)c(C2=NP(O)c3cc(NS(C)(=O)=O)ccc3N2)c(O)c2cccn21. The van der Waals surface area contributed by atoms with Gasteiger partial charge in [0.1, 0.15) is 16.9 Å². The largest absolute Gasteiger partial charge is 0.505 e. The summed E-state index contributed by atoms with van der Waals surface area (Å²) in [6.45, 7) is 6.68. The second kappa shape index (κ2) is 8.16. The average Bonchev–Trinajstić information content (AvgIpc) is 3.16. The zero-order chi connectivity index (χ0) is 24.1. The Kier molecular flexibility index (Phi) is 5.76. The molecule has 3 aromatic rings. The predicted molar refractivity (Wildman–Crippen MR) is 131 cm³/mol. The lowest BCUT2D eigenvalue weighted by molar-refractivity contribution is 0.330. The van der Waals surface area contributed by atoms with Crippen molar-refractivity contribution in [1.82, 2.24) is 9.20 Å². The first-order valence-corrected chi connectivity index (χ1v) is 13.4. The highest BCUT2D eigenvalue weighted by atomic mass is 32.2. The van der Waals surface area contributed by atoms with Gasteiger partial charge in [0, 0.05) is 18.4 Å². The Hall–Kier alpha value is -2.88. The molecular formula is C21H26N5O5PS. The number of nitrogens with zero attached hydrogens (tertiary/aromatic N) is 3. The summed E-state index contributed by atoms with van der Waals surface area (Å²) in [6.07, 6.45) is 3.48. The molecule has 1 atom stereocenters. The van der Waals surface area contributed by atoms with Crippen molar-refractivity contribution in [3.8, 4) is 5.75 Å². The van der Waals surface area contributed by atoms with E-state index >= 15 is 0 Å². The van der Waals surface area contributed by atoms with Crippen LogP contribution >= 0.6 is 8.30 Å². The van der Waals surface area contributed by atoms with E-state index in [9.17, 15) is 23.2 Å². The van der Waals surface area contributed by atoms with Crippen LogP contribution in [0.4, 0.5) is 11.4 Å². The van der Waals surface area contributed by atoms with Crippen molar-refractivity contribution < 1.29 is 18.4 Å². The number of benzene rings is 1. The molecule has 4 N–H and O–H groups in total. The molecule has 12 heteroatoms. The number of aryl methyl sites for hydroxylation is 1. The third kappa shape index (κ3) is 4.75. The Morgan fingerprint density at radius 3 is 2.64 bits per heavy atom. The molecule has 1 aliphatic heterocycles. The molecule has 0 amide bonds. The summed E-state index contributed by atoms with van der Waals surface area (Å²) >= 11 is 0. The topological polar surface area (TPSA) is 137 Å². The van der Waals surface area contributed by atoms with Gasteiger partial charge < -0.3 is 15.3 Å². The summed E-state index contributed by atoms with van der Waals surface area (Å²) in [4.78, 5) is 24.2. The molecule has 176 valence electrons. The maximum atomic E-state index is 13.5. The summed E-state index contributed by atoms with van der Waals surface area (Å²) < 4.78 is 32.8. The molecule has 10 nitrogen and oxygen atoms in total. The van der Waals surface area contributed by atoms with Crippen LogP contribution in [0.2, 0.25) is 0 Å². The highest BCUT2D eigenvalue weighted by Gasteiger charge is 2.28. The first-order valence-electron chi connectivity index (χ1n) is 10.2. The van der Waals surface area contributed by atoms with Crippen molar-refractivity contribution in [2.75, 3.05) is 16.3 Å². The third-order valence-corrected chi connectivity index (χ3v) is 6.99. The molecule has 3 heterocycles. The van der Waals surface area contributed by atoms with E-state index in [0.29, 0.717) is 28.7 Å². The van der Waals surface area contributed by atoms with Crippen molar-refractivity contribution in [2.45, 2.75) is 33.7 Å². The van der Waals surface area contributed by atoms with Gasteiger partial charge >= 0.3 is 0 Å². The number of amidine groups is 1. The number of hydrogen-bond acceptors (Lipinski definition) is 7. The fourth-order valence-electron chi connectivity index (χ4n) is 3.58. The second-order valence-corrected chi connectivity index (χ2v) is 12.2. The van der Waals surface area contributed by atoms with Crippen LogP contribution in [0, 0.1) is 5.41 Å². The number of aromatic nitrogens is 2. The Balaban J connectivity index is 1.79. The van der Waals surface area contributed by atoms with Crippen molar-refractivity contribution >= 4 is 46.4 Å². The maximum Gasteiger partial charge on any atom is 0.280 e. The van der Waals surface area contributed by atoms with E-state index < -0.39 is 23.9 Å². The zero-order valence-electron chi connectivity index (χ0n) is 18.7. The lowest BCUT2D eigenvalue weighted by Crippen LogP contribution is -2.35. The first-order chi connectivity index (χ1) is 15.3. The Morgan fingerprint density at radius 1 is 1.24 bits per heavy atom. The molecule has 0 saturated carbocycles. The monoisotopic (exact) mass is 491 g/mol. The van der Waals surface area contributed by atoms with Crippen molar-refractivity contribution in [3.63, 3.8) is 0 Å². The van der Waals surface area contributed by atoms with Crippen molar-refractivity contribution in [3.05, 3.63) is 52.4 Å². The van der Waals surface area contributed by atoms with E-state index in [2.05, 4.69) is 35.6 Å². The summed E-state index contributed by atoms with van der Waals surface area (Å²) in [6, 6.07) is 8.07. The molecule has 1 aromatic carbocycles. The molecule has 1 unspecified atom stereocenters. The summed E-state index contributed by atoms with van der Waals surface area (Å²) in [7, 11) is -5.58. The van der Waals surface area contributed by atoms with Crippen LogP contribution < -0.4 is 20.9 Å². The molecule has 0 aliphatic carbocycles. The van der Waals surface area contributed by atoms with Crippen LogP contribution in [-0.4, -0.2) is 39.7 Å². The predicted octanol–water partition coefficient (Wildman–Crippen LogP) is 2.42. The Morgan fingerprint density at radius 2 is 1.97 bits per heavy atom. The van der Waals surface area contributed by atoms with Crippen LogP contribution in [-0.2, 0) is 16.6 Å². The van der Waals surface area contributed by atoms with Gasteiger partial charge in [-0.2, -0.15) is 0 Å². The third-order valence-electron chi connectivity index (χ3n) is 5.19. The van der Waals surface area contributed by atoms with Gasteiger partial charge in [0.05, 0.1) is 17.2 Å². The van der Waals surface area contributed by atoms with Gasteiger partial charge in [-0.25, -0.2) is 17.9 Å². The van der Waals surface area contributed by atoms with Crippen LogP contribution in [0.5, 0.6) is 5.75 Å². The second-order valence-electron chi connectivity index (χ2n) is 9.17. The number of rotatable bonds is 5. The van der Waals surface area contributed by atoms with Crippen molar-refractivity contribution in [1.29, 1.82) is 0 Å². The molecule has 0 bridgehead atoms. The minimum atomic E-state index is -3.48. The normalized spacial score (nSPS) is 16.3. The molecule has 33 heavy (non-hydrogen) atoms. The average molecular weight is 492 g/mol. The summed E-state index contributed by atoms with van der Waals surface area (Å²) in [5.74, 6) is -0.166. The molecule has 4 rings (SSSR count). The molecule has 0 saturated heterocycles. The van der Waals surface area contributed by atoms with Gasteiger partial charge in [0.2, 0.25) is 10.0 Å². The fraction of sp³-hybridized carbons (Fsp3) is 0.333. The van der Waals surface area contributed by atoms with Crippen molar-refractivity contribution in [2.24, 2.45) is 10.2 Å². The number of anilines is 2. The number of fused-ring (bicyclic) bond motifs is 2. The molecule has 2 aromatic heterocycles. The van der Waals surface area contributed by atoms with Gasteiger partial charge in [-0.1, -0.05) is 20.8 Å².